The van der Waals surface area contributed by atoms with Gasteiger partial charge in [0.05, 0.1) is 6.54 Å². The summed E-state index contributed by atoms with van der Waals surface area (Å²) < 4.78 is 0. The fourth-order valence-electron chi connectivity index (χ4n) is 1.72. The minimum atomic E-state index is -0.500. The van der Waals surface area contributed by atoms with Crippen LogP contribution in [0.5, 0.6) is 0 Å². The third-order valence-electron chi connectivity index (χ3n) is 2.68. The van der Waals surface area contributed by atoms with Gasteiger partial charge in [-0.05, 0) is 39.3 Å². The summed E-state index contributed by atoms with van der Waals surface area (Å²) in [5.74, 6) is -0.393. The van der Waals surface area contributed by atoms with Gasteiger partial charge in [0.2, 0.25) is 5.91 Å². The molecule has 0 aliphatic carbocycles. The number of halogens is 1. The van der Waals surface area contributed by atoms with Crippen LogP contribution >= 0.6 is 11.6 Å². The maximum Gasteiger partial charge on any atom is 0.321 e. The van der Waals surface area contributed by atoms with Gasteiger partial charge in [0.15, 0.2) is 0 Å². The van der Waals surface area contributed by atoms with Gasteiger partial charge in [0.25, 0.3) is 0 Å². The lowest BCUT2D eigenvalue weighted by atomic mass is 10.1. The van der Waals surface area contributed by atoms with E-state index in [1.807, 2.05) is 45.9 Å². The lowest BCUT2D eigenvalue weighted by Gasteiger charge is -2.20. The summed E-state index contributed by atoms with van der Waals surface area (Å²) in [6.07, 6.45) is 0. The van der Waals surface area contributed by atoms with Gasteiger partial charge in [-0.25, -0.2) is 4.79 Å². The predicted octanol–water partition coefficient (Wildman–Crippen LogP) is 2.61. The van der Waals surface area contributed by atoms with Crippen LogP contribution in [0, 0.1) is 0 Å². The molecule has 1 aromatic rings. The van der Waals surface area contributed by atoms with Gasteiger partial charge in [0.1, 0.15) is 0 Å². The Kier molecular flexibility index (Phi) is 6.18. The van der Waals surface area contributed by atoms with Crippen LogP contribution in [0.25, 0.3) is 0 Å². The lowest BCUT2D eigenvalue weighted by Crippen LogP contribution is -2.50. The molecule has 1 atom stereocenters. The fourth-order valence-corrected chi connectivity index (χ4v) is 2.02. The number of nitrogens with one attached hydrogen (secondary N) is 3. The zero-order valence-corrected chi connectivity index (χ0v) is 13.5. The Morgan fingerprint density at radius 1 is 1.24 bits per heavy atom. The minimum absolute atomic E-state index is 0.0317. The quantitative estimate of drug-likeness (QED) is 0.800. The first kappa shape index (κ1) is 17.5. The Morgan fingerprint density at radius 3 is 2.43 bits per heavy atom. The molecule has 0 heterocycles. The van der Waals surface area contributed by atoms with Crippen LogP contribution in [0.2, 0.25) is 5.02 Å². The molecule has 0 saturated heterocycles. The summed E-state index contributed by atoms with van der Waals surface area (Å²) in [6, 6.07) is 6.84. The molecule has 116 valence electrons. The molecule has 5 nitrogen and oxygen atoms in total. The molecule has 0 aliphatic heterocycles. The van der Waals surface area contributed by atoms with E-state index in [4.69, 9.17) is 11.6 Å². The molecule has 0 bridgehead atoms. The van der Waals surface area contributed by atoms with Crippen molar-refractivity contribution in [2.45, 2.75) is 39.3 Å². The third-order valence-corrected chi connectivity index (χ3v) is 3.03. The molecule has 0 aromatic heterocycles. The molecule has 0 unspecified atom stereocenters. The maximum absolute atomic E-state index is 11.7. The highest BCUT2D eigenvalue weighted by Gasteiger charge is 2.16. The molecule has 3 amide bonds. The van der Waals surface area contributed by atoms with E-state index in [9.17, 15) is 9.59 Å². The Morgan fingerprint density at radius 2 is 1.86 bits per heavy atom. The van der Waals surface area contributed by atoms with E-state index in [1.54, 1.807) is 6.07 Å². The lowest BCUT2D eigenvalue weighted by molar-refractivity contribution is -0.119. The van der Waals surface area contributed by atoms with Crippen LogP contribution < -0.4 is 16.0 Å². The fraction of sp³-hybridized carbons (Fsp3) is 0.467. The molecule has 1 rings (SSSR count). The topological polar surface area (TPSA) is 70.2 Å². The van der Waals surface area contributed by atoms with Crippen molar-refractivity contribution in [3.8, 4) is 0 Å². The average Bonchev–Trinajstić information content (AvgIpc) is 2.34. The Bertz CT molecular complexity index is 512. The number of rotatable bonds is 4. The first-order valence-electron chi connectivity index (χ1n) is 6.79. The smallest absolute Gasteiger partial charge is 0.321 e. The molecule has 1 aromatic carbocycles. The monoisotopic (exact) mass is 311 g/mol. The minimum Gasteiger partial charge on any atom is -0.333 e. The van der Waals surface area contributed by atoms with Crippen molar-refractivity contribution in [2.75, 3.05) is 6.54 Å². The molecule has 0 spiro atoms. The number of hydrogen-bond donors (Lipinski definition) is 3. The van der Waals surface area contributed by atoms with Crippen molar-refractivity contribution in [3.63, 3.8) is 0 Å². The molecular formula is C15H22ClN3O2. The van der Waals surface area contributed by atoms with E-state index in [-0.39, 0.29) is 18.1 Å². The normalized spacial score (nSPS) is 12.6. The maximum atomic E-state index is 11.7. The van der Waals surface area contributed by atoms with Crippen LogP contribution in [-0.2, 0) is 4.79 Å². The number of imide groups is 1. The van der Waals surface area contributed by atoms with Gasteiger partial charge < -0.3 is 10.6 Å². The van der Waals surface area contributed by atoms with Crippen LogP contribution in [0.3, 0.4) is 0 Å². The SMILES string of the molecule is C[C@H](NCC(=O)NC(=O)NC(C)(C)C)c1ccccc1Cl. The van der Waals surface area contributed by atoms with E-state index >= 15 is 0 Å². The Balaban J connectivity index is 2.43. The molecule has 21 heavy (non-hydrogen) atoms. The van der Waals surface area contributed by atoms with Gasteiger partial charge in [-0.1, -0.05) is 29.8 Å². The summed E-state index contributed by atoms with van der Waals surface area (Å²) in [7, 11) is 0. The van der Waals surface area contributed by atoms with E-state index in [2.05, 4.69) is 16.0 Å². The molecular weight excluding hydrogens is 290 g/mol. The molecule has 0 saturated carbocycles. The van der Waals surface area contributed by atoms with Crippen molar-refractivity contribution in [3.05, 3.63) is 34.9 Å². The standard InChI is InChI=1S/C15H22ClN3O2/c1-10(11-7-5-6-8-12(11)16)17-9-13(20)18-14(21)19-15(2,3)4/h5-8,10,17H,9H2,1-4H3,(H2,18,19,20,21)/t10-/m0/s1. The summed E-state index contributed by atoms with van der Waals surface area (Å²) in [5, 5.41) is 8.61. The van der Waals surface area contributed by atoms with Crippen molar-refractivity contribution < 1.29 is 9.59 Å². The van der Waals surface area contributed by atoms with Crippen molar-refractivity contribution >= 4 is 23.5 Å². The van der Waals surface area contributed by atoms with Gasteiger partial charge in [-0.15, -0.1) is 0 Å². The van der Waals surface area contributed by atoms with Crippen LogP contribution in [-0.4, -0.2) is 24.0 Å². The van der Waals surface area contributed by atoms with E-state index in [0.717, 1.165) is 5.56 Å². The number of benzene rings is 1. The highest BCUT2D eigenvalue weighted by atomic mass is 35.5. The summed E-state index contributed by atoms with van der Waals surface area (Å²) in [5.41, 5.74) is 0.522. The average molecular weight is 312 g/mol. The van der Waals surface area contributed by atoms with Gasteiger partial charge in [-0.2, -0.15) is 0 Å². The van der Waals surface area contributed by atoms with Gasteiger partial charge >= 0.3 is 6.03 Å². The molecule has 0 aliphatic rings. The number of amides is 3. The molecule has 0 fully saturated rings. The highest BCUT2D eigenvalue weighted by molar-refractivity contribution is 6.31. The highest BCUT2D eigenvalue weighted by Crippen LogP contribution is 2.21. The van der Waals surface area contributed by atoms with Crippen molar-refractivity contribution in [1.29, 1.82) is 0 Å². The molecule has 3 N–H and O–H groups in total. The van der Waals surface area contributed by atoms with Crippen molar-refractivity contribution in [1.82, 2.24) is 16.0 Å². The van der Waals surface area contributed by atoms with Crippen LogP contribution in [0.4, 0.5) is 4.79 Å². The summed E-state index contributed by atoms with van der Waals surface area (Å²) in [6.45, 7) is 7.46. The van der Waals surface area contributed by atoms with Gasteiger partial charge in [0, 0.05) is 16.6 Å². The van der Waals surface area contributed by atoms with E-state index in [0.29, 0.717) is 5.02 Å². The third kappa shape index (κ3) is 6.60. The molecule has 0 radical (unpaired) electrons. The number of hydrogen-bond acceptors (Lipinski definition) is 3. The van der Waals surface area contributed by atoms with Crippen LogP contribution in [0.1, 0.15) is 39.3 Å². The zero-order valence-electron chi connectivity index (χ0n) is 12.8. The first-order valence-corrected chi connectivity index (χ1v) is 7.16. The van der Waals surface area contributed by atoms with Crippen molar-refractivity contribution in [2.24, 2.45) is 0 Å². The number of urea groups is 1. The summed E-state index contributed by atoms with van der Waals surface area (Å²) >= 11 is 6.09. The first-order chi connectivity index (χ1) is 9.69. The number of carbonyl (C=O) groups excluding carboxylic acids is 2. The Hall–Kier alpha value is -1.59. The second kappa shape index (κ2) is 7.43. The Labute approximate surface area is 130 Å². The van der Waals surface area contributed by atoms with E-state index < -0.39 is 11.9 Å². The number of carbonyl (C=O) groups is 2. The second-order valence-electron chi connectivity index (χ2n) is 5.88. The second-order valence-corrected chi connectivity index (χ2v) is 6.28. The van der Waals surface area contributed by atoms with Gasteiger partial charge in [-0.3, -0.25) is 10.1 Å². The predicted molar refractivity (Wildman–Crippen MR) is 84.3 cm³/mol. The largest absolute Gasteiger partial charge is 0.333 e. The zero-order chi connectivity index (χ0) is 16.0. The van der Waals surface area contributed by atoms with Crippen LogP contribution in [0.15, 0.2) is 24.3 Å². The molecule has 6 heteroatoms. The van der Waals surface area contributed by atoms with E-state index in [1.165, 1.54) is 0 Å². The summed E-state index contributed by atoms with van der Waals surface area (Å²) in [4.78, 5) is 23.2.